The Hall–Kier alpha value is -0.130. The lowest BCUT2D eigenvalue weighted by molar-refractivity contribution is 0.464. The van der Waals surface area contributed by atoms with Crippen molar-refractivity contribution < 1.29 is 8.42 Å². The maximum absolute atomic E-state index is 10.8. The van der Waals surface area contributed by atoms with Crippen molar-refractivity contribution in [3.8, 4) is 0 Å². The van der Waals surface area contributed by atoms with Gasteiger partial charge in [-0.1, -0.05) is 13.8 Å². The molecule has 0 aliphatic carbocycles. The molecule has 0 spiro atoms. The minimum Gasteiger partial charge on any atom is -0.216 e. The zero-order valence-electron chi connectivity index (χ0n) is 6.82. The topological polar surface area (TPSA) is 63.4 Å². The van der Waals surface area contributed by atoms with Crippen molar-refractivity contribution in [3.05, 3.63) is 0 Å². The maximum atomic E-state index is 10.8. The van der Waals surface area contributed by atoms with Gasteiger partial charge in [0, 0.05) is 13.1 Å². The van der Waals surface area contributed by atoms with Gasteiger partial charge in [0.25, 0.3) is 10.2 Å². The van der Waals surface area contributed by atoms with Crippen LogP contribution in [0.25, 0.3) is 0 Å². The van der Waals surface area contributed by atoms with Crippen LogP contribution in [0.3, 0.4) is 0 Å². The molecular weight excluding hydrogens is 164 g/mol. The van der Waals surface area contributed by atoms with E-state index in [-0.39, 0.29) is 0 Å². The summed E-state index contributed by atoms with van der Waals surface area (Å²) in [4.78, 5) is 0. The molecule has 1 aliphatic rings. The summed E-state index contributed by atoms with van der Waals surface area (Å²) in [5, 5.41) is 4.96. The Balaban J connectivity index is 2.69. The number of hydrogen-bond donors (Lipinski definition) is 1. The minimum absolute atomic E-state index is 0.424. The third-order valence-corrected chi connectivity index (χ3v) is 3.33. The number of nitrogens with two attached hydrogens (primary N) is 1. The smallest absolute Gasteiger partial charge is 0.216 e. The monoisotopic (exact) mass is 178 g/mol. The van der Waals surface area contributed by atoms with Crippen LogP contribution in [0.15, 0.2) is 0 Å². The quantitative estimate of drug-likeness (QED) is 0.603. The van der Waals surface area contributed by atoms with Gasteiger partial charge in [-0.05, 0) is 11.8 Å². The highest BCUT2D eigenvalue weighted by atomic mass is 32.2. The van der Waals surface area contributed by atoms with Gasteiger partial charge in [-0.25, -0.2) is 5.14 Å². The molecule has 1 aliphatic heterocycles. The van der Waals surface area contributed by atoms with Gasteiger partial charge in [0.05, 0.1) is 0 Å². The average Bonchev–Trinajstić information content (AvgIpc) is 2.11. The normalized spacial score (nSPS) is 34.5. The summed E-state index contributed by atoms with van der Waals surface area (Å²) in [5.74, 6) is 0.849. The van der Waals surface area contributed by atoms with Crippen LogP contribution in [0.5, 0.6) is 0 Å². The SMILES string of the molecule is CC1CN(S(N)(=O)=O)CC1C. The zero-order chi connectivity index (χ0) is 8.65. The van der Waals surface area contributed by atoms with E-state index in [0.29, 0.717) is 24.9 Å². The van der Waals surface area contributed by atoms with Crippen LogP contribution in [0, 0.1) is 11.8 Å². The summed E-state index contributed by atoms with van der Waals surface area (Å²) in [6.07, 6.45) is 0. The molecule has 11 heavy (non-hydrogen) atoms. The van der Waals surface area contributed by atoms with Gasteiger partial charge in [-0.2, -0.15) is 12.7 Å². The molecule has 0 aromatic carbocycles. The van der Waals surface area contributed by atoms with Crippen LogP contribution in [0.4, 0.5) is 0 Å². The number of hydrogen-bond acceptors (Lipinski definition) is 2. The molecule has 4 nitrogen and oxygen atoms in total. The van der Waals surface area contributed by atoms with E-state index in [2.05, 4.69) is 0 Å². The van der Waals surface area contributed by atoms with E-state index in [9.17, 15) is 8.42 Å². The molecule has 2 N–H and O–H groups in total. The second kappa shape index (κ2) is 2.73. The summed E-state index contributed by atoms with van der Waals surface area (Å²) in [7, 11) is -3.44. The lowest BCUT2D eigenvalue weighted by Crippen LogP contribution is -2.34. The molecule has 0 radical (unpaired) electrons. The molecule has 0 saturated carbocycles. The van der Waals surface area contributed by atoms with Gasteiger partial charge in [0.1, 0.15) is 0 Å². The second-order valence-electron chi connectivity index (χ2n) is 3.32. The van der Waals surface area contributed by atoms with Crippen LogP contribution >= 0.6 is 0 Å². The molecule has 66 valence electrons. The first-order chi connectivity index (χ1) is 4.91. The van der Waals surface area contributed by atoms with Crippen LogP contribution in [-0.4, -0.2) is 25.8 Å². The van der Waals surface area contributed by atoms with E-state index in [1.807, 2.05) is 13.8 Å². The lowest BCUT2D eigenvalue weighted by atomic mass is 10.0. The Kier molecular flexibility index (Phi) is 2.22. The fourth-order valence-electron chi connectivity index (χ4n) is 1.28. The van der Waals surface area contributed by atoms with Gasteiger partial charge < -0.3 is 0 Å². The highest BCUT2D eigenvalue weighted by molar-refractivity contribution is 7.86. The molecule has 1 rings (SSSR count). The number of nitrogens with zero attached hydrogens (tertiary/aromatic N) is 1. The fraction of sp³-hybridized carbons (Fsp3) is 1.00. The second-order valence-corrected chi connectivity index (χ2v) is 4.86. The van der Waals surface area contributed by atoms with Gasteiger partial charge >= 0.3 is 0 Å². The standard InChI is InChI=1S/C6H14N2O2S/c1-5-3-8(4-6(5)2)11(7,9)10/h5-6H,3-4H2,1-2H3,(H2,7,9,10). The summed E-state index contributed by atoms with van der Waals surface area (Å²) in [5.41, 5.74) is 0. The van der Waals surface area contributed by atoms with E-state index >= 15 is 0 Å². The first-order valence-corrected chi connectivity index (χ1v) is 5.19. The average molecular weight is 178 g/mol. The Morgan fingerprint density at radius 3 is 1.82 bits per heavy atom. The predicted octanol–water partition coefficient (Wildman–Crippen LogP) is -0.222. The van der Waals surface area contributed by atoms with Gasteiger partial charge in [0.15, 0.2) is 0 Å². The van der Waals surface area contributed by atoms with Crippen molar-refractivity contribution in [3.63, 3.8) is 0 Å². The Morgan fingerprint density at radius 1 is 1.27 bits per heavy atom. The Morgan fingerprint density at radius 2 is 1.64 bits per heavy atom. The number of rotatable bonds is 1. The fourth-order valence-corrected chi connectivity index (χ4v) is 2.17. The van der Waals surface area contributed by atoms with E-state index in [1.54, 1.807) is 0 Å². The highest BCUT2D eigenvalue weighted by Gasteiger charge is 2.31. The molecule has 1 heterocycles. The van der Waals surface area contributed by atoms with Gasteiger partial charge in [-0.15, -0.1) is 0 Å². The molecule has 0 aromatic rings. The van der Waals surface area contributed by atoms with Crippen molar-refractivity contribution in [2.75, 3.05) is 13.1 Å². The molecule has 0 amide bonds. The van der Waals surface area contributed by atoms with Crippen LogP contribution in [-0.2, 0) is 10.2 Å². The summed E-state index contributed by atoms with van der Waals surface area (Å²) in [6, 6.07) is 0. The third kappa shape index (κ3) is 1.91. The molecule has 2 atom stereocenters. The summed E-state index contributed by atoms with van der Waals surface area (Å²) in [6.45, 7) is 5.21. The summed E-state index contributed by atoms with van der Waals surface area (Å²) < 4.78 is 23.0. The Labute approximate surface area is 67.6 Å². The molecule has 1 saturated heterocycles. The maximum Gasteiger partial charge on any atom is 0.276 e. The van der Waals surface area contributed by atoms with Crippen molar-refractivity contribution in [1.82, 2.24) is 4.31 Å². The molecule has 1 fully saturated rings. The van der Waals surface area contributed by atoms with E-state index in [1.165, 1.54) is 4.31 Å². The van der Waals surface area contributed by atoms with Gasteiger partial charge in [-0.3, -0.25) is 0 Å². The van der Waals surface area contributed by atoms with E-state index in [4.69, 9.17) is 5.14 Å². The molecule has 5 heteroatoms. The molecule has 0 bridgehead atoms. The van der Waals surface area contributed by atoms with Gasteiger partial charge in [0.2, 0.25) is 0 Å². The summed E-state index contributed by atoms with van der Waals surface area (Å²) >= 11 is 0. The van der Waals surface area contributed by atoms with Crippen molar-refractivity contribution in [2.24, 2.45) is 17.0 Å². The van der Waals surface area contributed by atoms with Crippen LogP contribution in [0.1, 0.15) is 13.8 Å². The predicted molar refractivity (Wildman–Crippen MR) is 43.0 cm³/mol. The van der Waals surface area contributed by atoms with Crippen molar-refractivity contribution >= 4 is 10.2 Å². The van der Waals surface area contributed by atoms with Crippen LogP contribution in [0.2, 0.25) is 0 Å². The van der Waals surface area contributed by atoms with E-state index < -0.39 is 10.2 Å². The van der Waals surface area contributed by atoms with Crippen molar-refractivity contribution in [2.45, 2.75) is 13.8 Å². The minimum atomic E-state index is -3.44. The molecular formula is C6H14N2O2S. The first-order valence-electron chi connectivity index (χ1n) is 3.69. The highest BCUT2D eigenvalue weighted by Crippen LogP contribution is 2.22. The third-order valence-electron chi connectivity index (χ3n) is 2.31. The zero-order valence-corrected chi connectivity index (χ0v) is 7.63. The first kappa shape index (κ1) is 8.96. The Bertz CT molecular complexity index is 227. The molecule has 2 unspecified atom stereocenters. The van der Waals surface area contributed by atoms with E-state index in [0.717, 1.165) is 0 Å². The lowest BCUT2D eigenvalue weighted by Gasteiger charge is -2.10. The van der Waals surface area contributed by atoms with Crippen molar-refractivity contribution in [1.29, 1.82) is 0 Å². The molecule has 0 aromatic heterocycles. The largest absolute Gasteiger partial charge is 0.276 e. The van der Waals surface area contributed by atoms with Crippen LogP contribution < -0.4 is 5.14 Å².